The van der Waals surface area contributed by atoms with Crippen LogP contribution in [0.25, 0.3) is 0 Å². The Kier molecular flexibility index (Phi) is 7.43. The van der Waals surface area contributed by atoms with Gasteiger partial charge < -0.3 is 14.2 Å². The number of carbonyl (C=O) groups is 2. The average Bonchev–Trinajstić information content (AvgIpc) is 2.68. The van der Waals surface area contributed by atoms with Gasteiger partial charge in [0.15, 0.2) is 0 Å². The van der Waals surface area contributed by atoms with Crippen molar-refractivity contribution < 1.29 is 23.8 Å². The fraction of sp³-hybridized carbons (Fsp3) is 0.417. The number of hydrogen-bond donors (Lipinski definition) is 0. The van der Waals surface area contributed by atoms with Crippen LogP contribution >= 0.6 is 0 Å². The molecule has 2 aromatic carbocycles. The van der Waals surface area contributed by atoms with E-state index in [4.69, 9.17) is 14.2 Å². The number of aryl methyl sites for hydroxylation is 3. The fourth-order valence-electron chi connectivity index (χ4n) is 2.95. The Labute approximate surface area is 173 Å². The number of benzene rings is 2. The van der Waals surface area contributed by atoms with E-state index in [9.17, 15) is 9.59 Å². The van der Waals surface area contributed by atoms with Crippen LogP contribution < -0.4 is 9.47 Å². The smallest absolute Gasteiger partial charge is 0.343 e. The van der Waals surface area contributed by atoms with Crippen LogP contribution in [-0.4, -0.2) is 25.7 Å². The van der Waals surface area contributed by atoms with Crippen molar-refractivity contribution in [3.05, 3.63) is 58.7 Å². The highest BCUT2D eigenvalue weighted by Gasteiger charge is 2.27. The topological polar surface area (TPSA) is 61.8 Å². The molecule has 0 aliphatic heterocycles. The summed E-state index contributed by atoms with van der Waals surface area (Å²) in [5, 5.41) is 0. The van der Waals surface area contributed by atoms with Crippen molar-refractivity contribution in [1.82, 2.24) is 0 Å². The maximum Gasteiger partial charge on any atom is 0.343 e. The SMILES string of the molecule is COC(=O)C(C)(C)CCCOc1cc(C)c(OC(=O)c2ccc(C)cc2)cc1C. The Bertz CT molecular complexity index is 866. The summed E-state index contributed by atoms with van der Waals surface area (Å²) in [6.07, 6.45) is 1.40. The predicted molar refractivity (Wildman–Crippen MR) is 113 cm³/mol. The molecule has 0 N–H and O–H groups in total. The van der Waals surface area contributed by atoms with E-state index in [0.29, 0.717) is 24.3 Å². The van der Waals surface area contributed by atoms with Crippen molar-refractivity contribution in [2.75, 3.05) is 13.7 Å². The van der Waals surface area contributed by atoms with Gasteiger partial charge in [-0.3, -0.25) is 4.79 Å². The molecule has 156 valence electrons. The lowest BCUT2D eigenvalue weighted by atomic mass is 9.88. The summed E-state index contributed by atoms with van der Waals surface area (Å²) in [4.78, 5) is 24.1. The maximum atomic E-state index is 12.4. The summed E-state index contributed by atoms with van der Waals surface area (Å²) in [7, 11) is 1.40. The third kappa shape index (κ3) is 6.08. The first kappa shape index (κ1) is 22.5. The molecule has 5 nitrogen and oxygen atoms in total. The van der Waals surface area contributed by atoms with Gasteiger partial charge in [-0.2, -0.15) is 0 Å². The van der Waals surface area contributed by atoms with Crippen molar-refractivity contribution in [3.8, 4) is 11.5 Å². The number of hydrogen-bond acceptors (Lipinski definition) is 5. The first-order valence-corrected chi connectivity index (χ1v) is 9.75. The van der Waals surface area contributed by atoms with Gasteiger partial charge in [-0.15, -0.1) is 0 Å². The Balaban J connectivity index is 1.97. The van der Waals surface area contributed by atoms with Crippen molar-refractivity contribution in [1.29, 1.82) is 0 Å². The Morgan fingerprint density at radius 2 is 1.52 bits per heavy atom. The molecule has 0 atom stereocenters. The Morgan fingerprint density at radius 3 is 2.14 bits per heavy atom. The molecule has 0 aliphatic carbocycles. The molecule has 0 radical (unpaired) electrons. The van der Waals surface area contributed by atoms with E-state index in [1.54, 1.807) is 12.1 Å². The van der Waals surface area contributed by atoms with Crippen LogP contribution in [0.3, 0.4) is 0 Å². The van der Waals surface area contributed by atoms with E-state index in [0.717, 1.165) is 28.9 Å². The third-order valence-corrected chi connectivity index (χ3v) is 4.90. The van der Waals surface area contributed by atoms with E-state index >= 15 is 0 Å². The quantitative estimate of drug-likeness (QED) is 0.348. The highest BCUT2D eigenvalue weighted by atomic mass is 16.5. The summed E-state index contributed by atoms with van der Waals surface area (Å²) >= 11 is 0. The first-order chi connectivity index (χ1) is 13.6. The molecular weight excluding hydrogens is 368 g/mol. The molecule has 0 saturated carbocycles. The molecule has 29 heavy (non-hydrogen) atoms. The van der Waals surface area contributed by atoms with E-state index in [1.165, 1.54) is 7.11 Å². The second kappa shape index (κ2) is 9.59. The first-order valence-electron chi connectivity index (χ1n) is 9.75. The standard InChI is InChI=1S/C24H30O5/c1-16-8-10-19(11-9-16)22(25)29-21-15-17(2)20(14-18(21)3)28-13-7-12-24(4,5)23(26)27-6/h8-11,14-15H,7,12-13H2,1-6H3. The number of carbonyl (C=O) groups excluding carboxylic acids is 2. The van der Waals surface area contributed by atoms with Crippen LogP contribution in [-0.2, 0) is 9.53 Å². The minimum Gasteiger partial charge on any atom is -0.493 e. The van der Waals surface area contributed by atoms with Gasteiger partial charge in [-0.1, -0.05) is 17.7 Å². The highest BCUT2D eigenvalue weighted by Crippen LogP contribution is 2.29. The van der Waals surface area contributed by atoms with Crippen LogP contribution in [0.4, 0.5) is 0 Å². The van der Waals surface area contributed by atoms with Gasteiger partial charge in [0.05, 0.1) is 24.7 Å². The molecule has 0 unspecified atom stereocenters. The summed E-state index contributed by atoms with van der Waals surface area (Å²) in [5.74, 6) is 0.663. The Morgan fingerprint density at radius 1 is 0.931 bits per heavy atom. The molecule has 2 aromatic rings. The molecular formula is C24H30O5. The molecule has 0 aliphatic rings. The number of ether oxygens (including phenoxy) is 3. The molecule has 0 heterocycles. The molecule has 0 saturated heterocycles. The van der Waals surface area contributed by atoms with Crippen LogP contribution in [0.5, 0.6) is 11.5 Å². The van der Waals surface area contributed by atoms with E-state index in [1.807, 2.05) is 58.9 Å². The minimum absolute atomic E-state index is 0.218. The van der Waals surface area contributed by atoms with E-state index < -0.39 is 5.41 Å². The van der Waals surface area contributed by atoms with E-state index in [-0.39, 0.29) is 11.9 Å². The molecule has 0 fully saturated rings. The molecule has 0 spiro atoms. The molecule has 0 amide bonds. The number of rotatable bonds is 8. The van der Waals surface area contributed by atoms with Crippen LogP contribution in [0.1, 0.15) is 53.7 Å². The van der Waals surface area contributed by atoms with Gasteiger partial charge in [-0.05, 0) is 82.9 Å². The predicted octanol–water partition coefficient (Wildman–Crippen LogP) is 5.19. The summed E-state index contributed by atoms with van der Waals surface area (Å²) in [5.41, 5.74) is 2.78. The largest absolute Gasteiger partial charge is 0.493 e. The monoisotopic (exact) mass is 398 g/mol. The van der Waals surface area contributed by atoms with E-state index in [2.05, 4.69) is 0 Å². The average molecular weight is 398 g/mol. The summed E-state index contributed by atoms with van der Waals surface area (Å²) in [6.45, 7) is 9.98. The van der Waals surface area contributed by atoms with Crippen molar-refractivity contribution >= 4 is 11.9 Å². The zero-order valence-electron chi connectivity index (χ0n) is 18.1. The second-order valence-electron chi connectivity index (χ2n) is 7.97. The minimum atomic E-state index is -0.531. The summed E-state index contributed by atoms with van der Waals surface area (Å²) in [6, 6.07) is 11.0. The zero-order valence-corrected chi connectivity index (χ0v) is 18.1. The lowest BCUT2D eigenvalue weighted by molar-refractivity contribution is -0.151. The molecule has 2 rings (SSSR count). The lowest BCUT2D eigenvalue weighted by Gasteiger charge is -2.21. The Hall–Kier alpha value is -2.82. The second-order valence-corrected chi connectivity index (χ2v) is 7.97. The van der Waals surface area contributed by atoms with Gasteiger partial charge in [-0.25, -0.2) is 4.79 Å². The van der Waals surface area contributed by atoms with Gasteiger partial charge in [0.1, 0.15) is 11.5 Å². The fourth-order valence-corrected chi connectivity index (χ4v) is 2.95. The highest BCUT2D eigenvalue weighted by molar-refractivity contribution is 5.91. The van der Waals surface area contributed by atoms with Crippen molar-refractivity contribution in [2.24, 2.45) is 5.41 Å². The van der Waals surface area contributed by atoms with Gasteiger partial charge in [0, 0.05) is 0 Å². The van der Waals surface area contributed by atoms with Gasteiger partial charge in [0.2, 0.25) is 0 Å². The van der Waals surface area contributed by atoms with Gasteiger partial charge >= 0.3 is 11.9 Å². The number of esters is 2. The van der Waals surface area contributed by atoms with Crippen molar-refractivity contribution in [2.45, 2.75) is 47.5 Å². The summed E-state index contributed by atoms with van der Waals surface area (Å²) < 4.78 is 16.3. The van der Waals surface area contributed by atoms with Crippen LogP contribution in [0.2, 0.25) is 0 Å². The van der Waals surface area contributed by atoms with Crippen molar-refractivity contribution in [3.63, 3.8) is 0 Å². The molecule has 0 bridgehead atoms. The van der Waals surface area contributed by atoms with Gasteiger partial charge in [0.25, 0.3) is 0 Å². The lowest BCUT2D eigenvalue weighted by Crippen LogP contribution is -2.26. The maximum absolute atomic E-state index is 12.4. The molecule has 0 aromatic heterocycles. The van der Waals surface area contributed by atoms with Crippen LogP contribution in [0.15, 0.2) is 36.4 Å². The normalized spacial score (nSPS) is 11.1. The third-order valence-electron chi connectivity index (χ3n) is 4.90. The number of methoxy groups -OCH3 is 1. The zero-order chi connectivity index (χ0) is 21.6. The molecule has 5 heteroatoms. The van der Waals surface area contributed by atoms with Crippen LogP contribution in [0, 0.1) is 26.2 Å².